The summed E-state index contributed by atoms with van der Waals surface area (Å²) in [5, 5.41) is 15.7. The Hall–Kier alpha value is -5.46. The van der Waals surface area contributed by atoms with Crippen molar-refractivity contribution in [3.05, 3.63) is 129 Å². The highest BCUT2D eigenvalue weighted by molar-refractivity contribution is 5.93. The van der Waals surface area contributed by atoms with Crippen molar-refractivity contribution in [1.29, 1.82) is 0 Å². The van der Waals surface area contributed by atoms with Crippen molar-refractivity contribution in [1.82, 2.24) is 34.1 Å². The van der Waals surface area contributed by atoms with Crippen molar-refractivity contribution in [3.63, 3.8) is 0 Å². The number of aryl methyl sites for hydroxylation is 2. The lowest BCUT2D eigenvalue weighted by Gasteiger charge is -2.30. The molecular formula is C40H42FN7O4. The van der Waals surface area contributed by atoms with Gasteiger partial charge in [-0.15, -0.1) is 0 Å². The maximum absolute atomic E-state index is 14.4. The lowest BCUT2D eigenvalue weighted by atomic mass is 9.90. The first kappa shape index (κ1) is 35.0. The molecule has 2 aromatic carbocycles. The predicted octanol–water partition coefficient (Wildman–Crippen LogP) is 5.13. The molecule has 6 aromatic rings. The van der Waals surface area contributed by atoms with E-state index in [0.717, 1.165) is 49.0 Å². The summed E-state index contributed by atoms with van der Waals surface area (Å²) < 4.78 is 18.0. The number of aromatic nitrogens is 5. The van der Waals surface area contributed by atoms with Gasteiger partial charge in [-0.25, -0.2) is 23.7 Å². The maximum Gasteiger partial charge on any atom is 0.337 e. The van der Waals surface area contributed by atoms with Crippen LogP contribution < -0.4 is 21.9 Å². The second-order valence-electron chi connectivity index (χ2n) is 13.6. The molecule has 0 atom stereocenters. The van der Waals surface area contributed by atoms with E-state index in [9.17, 15) is 18.8 Å². The summed E-state index contributed by atoms with van der Waals surface area (Å²) in [6, 6.07) is 20.2. The molecule has 0 saturated heterocycles. The molecule has 1 amide bonds. The van der Waals surface area contributed by atoms with Gasteiger partial charge in [0.05, 0.1) is 11.1 Å². The van der Waals surface area contributed by atoms with Crippen LogP contribution in [0.15, 0.2) is 94.9 Å². The molecule has 0 radical (unpaired) electrons. The van der Waals surface area contributed by atoms with Crippen LogP contribution in [0.25, 0.3) is 33.5 Å². The largest absolute Gasteiger partial charge is 0.396 e. The van der Waals surface area contributed by atoms with E-state index in [0.29, 0.717) is 48.1 Å². The molecule has 1 saturated carbocycles. The molecule has 4 heterocycles. The Morgan fingerprint density at radius 2 is 1.73 bits per heavy atom. The van der Waals surface area contributed by atoms with Crippen LogP contribution in [0.1, 0.15) is 66.2 Å². The molecule has 1 fully saturated rings. The van der Waals surface area contributed by atoms with E-state index in [1.807, 2.05) is 31.2 Å². The van der Waals surface area contributed by atoms with Gasteiger partial charge in [0, 0.05) is 37.3 Å². The fraction of sp³-hybridized carbons (Fsp3) is 0.325. The number of carbonyl (C=O) groups excluding carboxylic acids is 1. The van der Waals surface area contributed by atoms with Gasteiger partial charge in [0.15, 0.2) is 5.65 Å². The van der Waals surface area contributed by atoms with Crippen molar-refractivity contribution in [2.24, 2.45) is 0 Å². The molecule has 12 heteroatoms. The normalized spacial score (nSPS) is 16.1. The number of aliphatic hydroxyl groups excluding tert-OH is 1. The molecule has 0 unspecified atom stereocenters. The van der Waals surface area contributed by atoms with Crippen LogP contribution >= 0.6 is 0 Å². The molecule has 1 aliphatic rings. The van der Waals surface area contributed by atoms with Gasteiger partial charge < -0.3 is 20.1 Å². The zero-order valence-electron chi connectivity index (χ0n) is 29.1. The fourth-order valence-electron chi connectivity index (χ4n) is 7.11. The van der Waals surface area contributed by atoms with Crippen LogP contribution in [0.3, 0.4) is 0 Å². The van der Waals surface area contributed by atoms with Crippen LogP contribution in [-0.2, 0) is 6.42 Å². The number of amides is 1. The summed E-state index contributed by atoms with van der Waals surface area (Å²) in [4.78, 5) is 50.3. The summed E-state index contributed by atoms with van der Waals surface area (Å²) in [7, 11) is 0. The minimum absolute atomic E-state index is 0.163. The average Bonchev–Trinajstić information content (AvgIpc) is 3.58. The third kappa shape index (κ3) is 7.44. The van der Waals surface area contributed by atoms with Gasteiger partial charge in [0.2, 0.25) is 0 Å². The van der Waals surface area contributed by atoms with E-state index in [2.05, 4.69) is 44.9 Å². The van der Waals surface area contributed by atoms with Crippen molar-refractivity contribution in [2.45, 2.75) is 64.0 Å². The number of rotatable bonds is 12. The van der Waals surface area contributed by atoms with Gasteiger partial charge in [-0.2, -0.15) is 0 Å². The van der Waals surface area contributed by atoms with Gasteiger partial charge in [-0.1, -0.05) is 36.4 Å². The molecule has 4 aromatic heterocycles. The Kier molecular flexibility index (Phi) is 10.4. The number of hydrogen-bond acceptors (Lipinski definition) is 7. The minimum Gasteiger partial charge on any atom is -0.396 e. The number of aliphatic hydroxyl groups is 1. The van der Waals surface area contributed by atoms with Gasteiger partial charge in [-0.3, -0.25) is 14.2 Å². The molecule has 7 rings (SSSR count). The van der Waals surface area contributed by atoms with Gasteiger partial charge >= 0.3 is 5.69 Å². The Bertz CT molecular complexity index is 2340. The van der Waals surface area contributed by atoms with E-state index >= 15 is 0 Å². The van der Waals surface area contributed by atoms with Crippen molar-refractivity contribution < 1.29 is 14.3 Å². The monoisotopic (exact) mass is 703 g/mol. The smallest absolute Gasteiger partial charge is 0.337 e. The third-order valence-electron chi connectivity index (χ3n) is 9.83. The Morgan fingerprint density at radius 1 is 0.942 bits per heavy atom. The molecule has 0 spiro atoms. The zero-order chi connectivity index (χ0) is 36.2. The summed E-state index contributed by atoms with van der Waals surface area (Å²) in [6.07, 6.45) is 9.32. The standard InChI is InChI=1S/C40H42FN7O4/c1-26-21-34-37(43-23-26)47(33-7-2-6-29(22-33)28-10-8-27(9-11-28)5-3-18-42-19-4-20-49)40(52)48(39(34)51)32-15-13-31(14-16-32)44-38(50)35-25-46-24-30(41)12-17-36(46)45-35/h2,6-12,17,21-25,31-32,42,49H,3-5,13-16,18-20H2,1H3,(H,44,50). The van der Waals surface area contributed by atoms with Gasteiger partial charge in [0.1, 0.15) is 17.2 Å². The van der Waals surface area contributed by atoms with Crippen LogP contribution in [0.5, 0.6) is 0 Å². The number of pyridine rings is 2. The predicted molar refractivity (Wildman–Crippen MR) is 199 cm³/mol. The number of carbonyl (C=O) groups is 1. The molecule has 11 nitrogen and oxygen atoms in total. The lowest BCUT2D eigenvalue weighted by Crippen LogP contribution is -2.45. The van der Waals surface area contributed by atoms with E-state index < -0.39 is 11.5 Å². The molecular weight excluding hydrogens is 661 g/mol. The first-order chi connectivity index (χ1) is 25.3. The summed E-state index contributed by atoms with van der Waals surface area (Å²) >= 11 is 0. The van der Waals surface area contributed by atoms with Crippen LogP contribution in [-0.4, -0.2) is 60.3 Å². The summed E-state index contributed by atoms with van der Waals surface area (Å²) in [5.74, 6) is -0.773. The van der Waals surface area contributed by atoms with Gasteiger partial charge in [0.25, 0.3) is 11.5 Å². The number of halogens is 1. The zero-order valence-corrected chi connectivity index (χ0v) is 29.1. The number of nitrogens with one attached hydrogen (secondary N) is 2. The van der Waals surface area contributed by atoms with Crippen molar-refractivity contribution in [3.8, 4) is 16.8 Å². The highest BCUT2D eigenvalue weighted by Gasteiger charge is 2.28. The Labute approximate surface area is 299 Å². The number of fused-ring (bicyclic) bond motifs is 2. The average molecular weight is 704 g/mol. The topological polar surface area (TPSA) is 136 Å². The number of nitrogens with zero attached hydrogens (tertiary/aromatic N) is 5. The van der Waals surface area contributed by atoms with E-state index in [1.165, 1.54) is 43.6 Å². The molecule has 0 aliphatic heterocycles. The molecule has 3 N–H and O–H groups in total. The van der Waals surface area contributed by atoms with E-state index in [-0.39, 0.29) is 35.9 Å². The number of hydrogen-bond donors (Lipinski definition) is 3. The van der Waals surface area contributed by atoms with Crippen molar-refractivity contribution in [2.75, 3.05) is 19.7 Å². The highest BCUT2D eigenvalue weighted by Crippen LogP contribution is 2.29. The second-order valence-corrected chi connectivity index (χ2v) is 13.6. The highest BCUT2D eigenvalue weighted by atomic mass is 19.1. The van der Waals surface area contributed by atoms with Crippen LogP contribution in [0.2, 0.25) is 0 Å². The van der Waals surface area contributed by atoms with Crippen molar-refractivity contribution >= 4 is 22.6 Å². The summed E-state index contributed by atoms with van der Waals surface area (Å²) in [6.45, 7) is 3.78. The third-order valence-corrected chi connectivity index (χ3v) is 9.83. The SMILES string of the molecule is Cc1cnc2c(c1)c(=O)n(C1CCC(NC(=O)c3cn4cc(F)ccc4n3)CC1)c(=O)n2-c1cccc(-c2ccc(CCCNCCCO)cc2)c1. The Balaban J connectivity index is 1.11. The van der Waals surface area contributed by atoms with Crippen LogP contribution in [0.4, 0.5) is 4.39 Å². The quantitative estimate of drug-likeness (QED) is 0.151. The first-order valence-corrected chi connectivity index (χ1v) is 17.9. The minimum atomic E-state index is -0.446. The number of imidazole rings is 1. The fourth-order valence-corrected chi connectivity index (χ4v) is 7.11. The number of benzene rings is 2. The van der Waals surface area contributed by atoms with Crippen LogP contribution in [0, 0.1) is 12.7 Å². The molecule has 0 bridgehead atoms. The Morgan fingerprint density at radius 3 is 2.52 bits per heavy atom. The molecule has 52 heavy (non-hydrogen) atoms. The maximum atomic E-state index is 14.4. The molecule has 1 aliphatic carbocycles. The first-order valence-electron chi connectivity index (χ1n) is 17.9. The lowest BCUT2D eigenvalue weighted by molar-refractivity contribution is 0.0917. The van der Waals surface area contributed by atoms with E-state index in [1.54, 1.807) is 12.3 Å². The van der Waals surface area contributed by atoms with Gasteiger partial charge in [-0.05, 0) is 118 Å². The van der Waals surface area contributed by atoms with E-state index in [4.69, 9.17) is 5.11 Å². The summed E-state index contributed by atoms with van der Waals surface area (Å²) in [5.41, 5.74) is 4.78. The molecule has 268 valence electrons. The second kappa shape index (κ2) is 15.4.